The van der Waals surface area contributed by atoms with E-state index in [4.69, 9.17) is 4.74 Å². The fraction of sp³-hybridized carbons (Fsp3) is 0.400. The topological polar surface area (TPSA) is 38.3 Å². The van der Waals surface area contributed by atoms with Gasteiger partial charge in [0.1, 0.15) is 11.9 Å². The number of ether oxygens (including phenoxy) is 1. The Kier molecular flexibility index (Phi) is 3.70. The van der Waals surface area contributed by atoms with Crippen LogP contribution in [0.5, 0.6) is 5.75 Å². The number of hydrogen-bond acceptors (Lipinski definition) is 2. The molecule has 0 aromatic heterocycles. The van der Waals surface area contributed by atoms with E-state index in [9.17, 15) is 4.79 Å². The summed E-state index contributed by atoms with van der Waals surface area (Å²) >= 11 is 0. The highest BCUT2D eigenvalue weighted by Crippen LogP contribution is 2.31. The van der Waals surface area contributed by atoms with Crippen LogP contribution in [0.25, 0.3) is 0 Å². The Bertz CT molecular complexity index is 479. The summed E-state index contributed by atoms with van der Waals surface area (Å²) in [5, 5.41) is 2.79. The lowest BCUT2D eigenvalue weighted by atomic mass is 9.98. The largest absolute Gasteiger partial charge is 0.490 e. The molecular formula is C15H19NO2. The van der Waals surface area contributed by atoms with Crippen molar-refractivity contribution in [3.63, 3.8) is 0 Å². The molecule has 1 amide bonds. The third-order valence-corrected chi connectivity index (χ3v) is 2.99. The number of fused-ring (bicyclic) bond motifs is 1. The van der Waals surface area contributed by atoms with E-state index in [0.717, 1.165) is 36.3 Å². The summed E-state index contributed by atoms with van der Waals surface area (Å²) in [5.74, 6) is 0.883. The average molecular weight is 245 g/mol. The Morgan fingerprint density at radius 3 is 2.94 bits per heavy atom. The molecule has 1 aromatic rings. The number of amides is 1. The summed E-state index contributed by atoms with van der Waals surface area (Å²) in [6.07, 6.45) is 3.14. The average Bonchev–Trinajstić information content (AvgIpc) is 2.27. The van der Waals surface area contributed by atoms with Crippen molar-refractivity contribution >= 4 is 11.6 Å². The molecule has 0 fully saturated rings. The molecule has 1 atom stereocenters. The minimum Gasteiger partial charge on any atom is -0.490 e. The first-order chi connectivity index (χ1) is 8.54. The summed E-state index contributed by atoms with van der Waals surface area (Å²) in [4.78, 5) is 11.0. The van der Waals surface area contributed by atoms with Crippen molar-refractivity contribution in [2.24, 2.45) is 0 Å². The Balaban J connectivity index is 2.10. The Morgan fingerprint density at radius 2 is 2.28 bits per heavy atom. The summed E-state index contributed by atoms with van der Waals surface area (Å²) in [6.45, 7) is 7.46. The van der Waals surface area contributed by atoms with E-state index in [-0.39, 0.29) is 12.0 Å². The highest BCUT2D eigenvalue weighted by Gasteiger charge is 2.19. The van der Waals surface area contributed by atoms with Gasteiger partial charge >= 0.3 is 0 Å². The summed E-state index contributed by atoms with van der Waals surface area (Å²) < 4.78 is 5.93. The first kappa shape index (κ1) is 12.7. The standard InChI is InChI=1S/C15H19NO2/c1-10(2)8-14-6-4-12-9-13(16-11(3)17)5-7-15(12)18-14/h5,7,9,14H,1,4,6,8H2,2-3H3,(H,16,17)/t14-/m0/s1. The summed E-state index contributed by atoms with van der Waals surface area (Å²) in [6, 6.07) is 5.81. The van der Waals surface area contributed by atoms with Crippen LogP contribution < -0.4 is 10.1 Å². The number of carbonyl (C=O) groups is 1. The SMILES string of the molecule is C=C(C)C[C@@H]1CCc2cc(NC(C)=O)ccc2O1. The van der Waals surface area contributed by atoms with E-state index in [2.05, 4.69) is 11.9 Å². The summed E-state index contributed by atoms with van der Waals surface area (Å²) in [5.41, 5.74) is 3.15. The molecule has 96 valence electrons. The minimum atomic E-state index is -0.0492. The van der Waals surface area contributed by atoms with Crippen molar-refractivity contribution in [3.05, 3.63) is 35.9 Å². The van der Waals surface area contributed by atoms with Crippen molar-refractivity contribution in [3.8, 4) is 5.75 Å². The smallest absolute Gasteiger partial charge is 0.221 e. The van der Waals surface area contributed by atoms with Gasteiger partial charge in [-0.25, -0.2) is 0 Å². The molecular weight excluding hydrogens is 226 g/mol. The van der Waals surface area contributed by atoms with E-state index in [1.54, 1.807) is 0 Å². The van der Waals surface area contributed by atoms with Crippen LogP contribution in [0, 0.1) is 0 Å². The van der Waals surface area contributed by atoms with Crippen molar-refractivity contribution in [1.82, 2.24) is 0 Å². The monoisotopic (exact) mass is 245 g/mol. The lowest BCUT2D eigenvalue weighted by molar-refractivity contribution is -0.114. The van der Waals surface area contributed by atoms with Crippen molar-refractivity contribution in [1.29, 1.82) is 0 Å². The van der Waals surface area contributed by atoms with Crippen molar-refractivity contribution in [2.75, 3.05) is 5.32 Å². The zero-order valence-corrected chi connectivity index (χ0v) is 11.0. The number of carbonyl (C=O) groups excluding carboxylic acids is 1. The highest BCUT2D eigenvalue weighted by molar-refractivity contribution is 5.88. The van der Waals surface area contributed by atoms with Crippen LogP contribution in [-0.2, 0) is 11.2 Å². The van der Waals surface area contributed by atoms with Crippen LogP contribution in [0.3, 0.4) is 0 Å². The number of anilines is 1. The second-order valence-corrected chi connectivity index (χ2v) is 4.94. The van der Waals surface area contributed by atoms with Gasteiger partial charge in [-0.1, -0.05) is 5.57 Å². The molecule has 0 aliphatic carbocycles. The molecule has 1 heterocycles. The normalized spacial score (nSPS) is 17.6. The highest BCUT2D eigenvalue weighted by atomic mass is 16.5. The Morgan fingerprint density at radius 1 is 1.50 bits per heavy atom. The Labute approximate surface area is 108 Å². The zero-order chi connectivity index (χ0) is 13.1. The number of nitrogens with one attached hydrogen (secondary N) is 1. The van der Waals surface area contributed by atoms with Crippen molar-refractivity contribution in [2.45, 2.75) is 39.2 Å². The molecule has 3 nitrogen and oxygen atoms in total. The number of hydrogen-bond donors (Lipinski definition) is 1. The molecule has 1 aromatic carbocycles. The van der Waals surface area contributed by atoms with E-state index in [1.165, 1.54) is 12.5 Å². The molecule has 1 aliphatic heterocycles. The van der Waals surface area contributed by atoms with Crippen LogP contribution in [0.15, 0.2) is 30.4 Å². The van der Waals surface area contributed by atoms with Gasteiger partial charge in [-0.2, -0.15) is 0 Å². The third kappa shape index (κ3) is 3.13. The molecule has 0 bridgehead atoms. The molecule has 0 saturated heterocycles. The van der Waals surface area contributed by atoms with E-state index in [0.29, 0.717) is 0 Å². The fourth-order valence-electron chi connectivity index (χ4n) is 2.26. The first-order valence-electron chi connectivity index (χ1n) is 6.26. The van der Waals surface area contributed by atoms with E-state index < -0.39 is 0 Å². The minimum absolute atomic E-state index is 0.0492. The molecule has 1 N–H and O–H groups in total. The molecule has 1 aliphatic rings. The number of rotatable bonds is 3. The van der Waals surface area contributed by atoms with Gasteiger partial charge in [-0.15, -0.1) is 6.58 Å². The predicted octanol–water partition coefficient (Wildman–Crippen LogP) is 3.30. The quantitative estimate of drug-likeness (QED) is 0.830. The maximum absolute atomic E-state index is 11.0. The Hall–Kier alpha value is -1.77. The van der Waals surface area contributed by atoms with Crippen LogP contribution in [0.1, 0.15) is 32.3 Å². The summed E-state index contributed by atoms with van der Waals surface area (Å²) in [7, 11) is 0. The van der Waals surface area contributed by atoms with E-state index in [1.807, 2.05) is 25.1 Å². The van der Waals surface area contributed by atoms with Gasteiger partial charge in [0, 0.05) is 19.0 Å². The van der Waals surface area contributed by atoms with Crippen LogP contribution >= 0.6 is 0 Å². The maximum atomic E-state index is 11.0. The molecule has 18 heavy (non-hydrogen) atoms. The van der Waals surface area contributed by atoms with Crippen LogP contribution in [-0.4, -0.2) is 12.0 Å². The second-order valence-electron chi connectivity index (χ2n) is 4.94. The van der Waals surface area contributed by atoms with Crippen molar-refractivity contribution < 1.29 is 9.53 Å². The van der Waals surface area contributed by atoms with Crippen LogP contribution in [0.4, 0.5) is 5.69 Å². The lowest BCUT2D eigenvalue weighted by Gasteiger charge is -2.26. The second kappa shape index (κ2) is 5.25. The van der Waals surface area contributed by atoms with Gasteiger partial charge in [0.2, 0.25) is 5.91 Å². The van der Waals surface area contributed by atoms with Gasteiger partial charge in [0.05, 0.1) is 0 Å². The lowest BCUT2D eigenvalue weighted by Crippen LogP contribution is -2.23. The third-order valence-electron chi connectivity index (χ3n) is 2.99. The molecule has 0 spiro atoms. The van der Waals surface area contributed by atoms with Gasteiger partial charge in [-0.05, 0) is 43.5 Å². The first-order valence-corrected chi connectivity index (χ1v) is 6.26. The number of aryl methyl sites for hydroxylation is 1. The molecule has 0 radical (unpaired) electrons. The van der Waals surface area contributed by atoms with Gasteiger partial charge in [-0.3, -0.25) is 4.79 Å². The zero-order valence-electron chi connectivity index (χ0n) is 11.0. The molecule has 0 unspecified atom stereocenters. The fourth-order valence-corrected chi connectivity index (χ4v) is 2.26. The van der Waals surface area contributed by atoms with Gasteiger partial charge in [0.25, 0.3) is 0 Å². The molecule has 0 saturated carbocycles. The van der Waals surface area contributed by atoms with Gasteiger partial charge in [0.15, 0.2) is 0 Å². The van der Waals surface area contributed by atoms with Gasteiger partial charge < -0.3 is 10.1 Å². The van der Waals surface area contributed by atoms with Crippen LogP contribution in [0.2, 0.25) is 0 Å². The molecule has 2 rings (SSSR count). The predicted molar refractivity (Wildman–Crippen MR) is 72.9 cm³/mol. The maximum Gasteiger partial charge on any atom is 0.221 e. The number of benzene rings is 1. The van der Waals surface area contributed by atoms with E-state index >= 15 is 0 Å². The molecule has 3 heteroatoms.